The van der Waals surface area contributed by atoms with Gasteiger partial charge in [-0.05, 0) is 42.3 Å². The van der Waals surface area contributed by atoms with E-state index in [9.17, 15) is 9.18 Å². The van der Waals surface area contributed by atoms with Gasteiger partial charge in [0.25, 0.3) is 0 Å². The van der Waals surface area contributed by atoms with Crippen LogP contribution in [0.3, 0.4) is 0 Å². The van der Waals surface area contributed by atoms with Crippen LogP contribution < -0.4 is 10.2 Å². The molecule has 33 heavy (non-hydrogen) atoms. The maximum absolute atomic E-state index is 13.8. The van der Waals surface area contributed by atoms with Crippen LogP contribution in [0, 0.1) is 12.7 Å². The number of nitrogens with one attached hydrogen (secondary N) is 1. The Morgan fingerprint density at radius 3 is 2.45 bits per heavy atom. The average molecular weight is 444 g/mol. The van der Waals surface area contributed by atoms with E-state index in [4.69, 9.17) is 4.98 Å². The minimum atomic E-state index is -0.324. The Morgan fingerprint density at radius 1 is 0.970 bits per heavy atom. The van der Waals surface area contributed by atoms with E-state index in [2.05, 4.69) is 33.0 Å². The molecule has 2 amide bonds. The summed E-state index contributed by atoms with van der Waals surface area (Å²) in [6, 6.07) is 23.0. The molecule has 0 bridgehead atoms. The number of piperazine rings is 1. The number of hydrogen-bond acceptors (Lipinski definition) is 3. The minimum Gasteiger partial charge on any atom is -0.339 e. The third-order valence-corrected chi connectivity index (χ3v) is 6.09. The number of anilines is 2. The second-order valence-electron chi connectivity index (χ2n) is 8.34. The number of amides is 2. The number of nitrogens with zero attached hydrogens (tertiary/aromatic N) is 4. The molecule has 0 aliphatic carbocycles. The van der Waals surface area contributed by atoms with Gasteiger partial charge < -0.3 is 19.7 Å². The van der Waals surface area contributed by atoms with E-state index in [0.717, 1.165) is 23.5 Å². The minimum absolute atomic E-state index is 0.212. The van der Waals surface area contributed by atoms with Gasteiger partial charge in [0, 0.05) is 31.9 Å². The fourth-order valence-corrected chi connectivity index (χ4v) is 4.21. The number of carbonyl (C=O) groups excluding carboxylic acids is 1. The lowest BCUT2D eigenvalue weighted by molar-refractivity contribution is 0.208. The van der Waals surface area contributed by atoms with E-state index in [1.807, 2.05) is 36.4 Å². The van der Waals surface area contributed by atoms with Crippen molar-refractivity contribution in [2.24, 2.45) is 0 Å². The molecule has 0 spiro atoms. The van der Waals surface area contributed by atoms with Gasteiger partial charge in [0.1, 0.15) is 5.82 Å². The second kappa shape index (κ2) is 8.94. The highest BCUT2D eigenvalue weighted by atomic mass is 19.1. The number of imidazole rings is 1. The highest BCUT2D eigenvalue weighted by Crippen LogP contribution is 2.25. The Balaban J connectivity index is 1.31. The molecule has 168 valence electrons. The molecule has 1 saturated heterocycles. The molecule has 3 aromatic carbocycles. The molecule has 1 aliphatic heterocycles. The number of urea groups is 1. The Bertz CT molecular complexity index is 1280. The highest BCUT2D eigenvalue weighted by molar-refractivity contribution is 5.89. The number of hydrogen-bond donors (Lipinski definition) is 1. The molecular weight excluding hydrogens is 417 g/mol. The summed E-state index contributed by atoms with van der Waals surface area (Å²) in [4.78, 5) is 21.6. The van der Waals surface area contributed by atoms with Crippen LogP contribution in [0.4, 0.5) is 20.8 Å². The van der Waals surface area contributed by atoms with Crippen LogP contribution in [-0.4, -0.2) is 46.7 Å². The van der Waals surface area contributed by atoms with Gasteiger partial charge in [-0.25, -0.2) is 14.2 Å². The SMILES string of the molecule is Cc1ccc(NC(=O)N2CCN(c3nc4ccccc4n3Cc3ccccc3)CC2)cc1F. The zero-order valence-corrected chi connectivity index (χ0v) is 18.5. The molecule has 7 heteroatoms. The Kier molecular flexibility index (Phi) is 5.69. The molecular formula is C26H26FN5O. The first-order valence-corrected chi connectivity index (χ1v) is 11.1. The first kappa shape index (κ1) is 21.0. The molecule has 0 unspecified atom stereocenters. The summed E-state index contributed by atoms with van der Waals surface area (Å²) in [5.74, 6) is 0.593. The van der Waals surface area contributed by atoms with Crippen LogP contribution in [0.1, 0.15) is 11.1 Å². The number of aromatic nitrogens is 2. The molecule has 1 aliphatic rings. The fraction of sp³-hybridized carbons (Fsp3) is 0.231. The van der Waals surface area contributed by atoms with Crippen LogP contribution in [0.25, 0.3) is 11.0 Å². The van der Waals surface area contributed by atoms with Crippen LogP contribution >= 0.6 is 0 Å². The first-order chi connectivity index (χ1) is 16.1. The van der Waals surface area contributed by atoms with Gasteiger partial charge in [0.15, 0.2) is 0 Å². The van der Waals surface area contributed by atoms with E-state index in [0.29, 0.717) is 37.4 Å². The standard InChI is InChI=1S/C26H26FN5O/c1-19-11-12-21(17-22(19)27)28-26(33)31-15-13-30(14-16-31)25-29-23-9-5-6-10-24(23)32(25)18-20-7-3-2-4-8-20/h2-12,17H,13-16,18H2,1H3,(H,28,33). The third-order valence-electron chi connectivity index (χ3n) is 6.09. The topological polar surface area (TPSA) is 53.4 Å². The van der Waals surface area contributed by atoms with Crippen molar-refractivity contribution in [2.75, 3.05) is 36.4 Å². The number of para-hydroxylation sites is 2. The Morgan fingerprint density at radius 2 is 1.70 bits per heavy atom. The van der Waals surface area contributed by atoms with Crippen molar-refractivity contribution in [1.29, 1.82) is 0 Å². The number of benzene rings is 3. The van der Waals surface area contributed by atoms with Crippen LogP contribution in [-0.2, 0) is 6.54 Å². The summed E-state index contributed by atoms with van der Waals surface area (Å²) in [5, 5.41) is 2.81. The molecule has 4 aromatic rings. The fourth-order valence-electron chi connectivity index (χ4n) is 4.21. The summed E-state index contributed by atoms with van der Waals surface area (Å²) in [6.07, 6.45) is 0. The lowest BCUT2D eigenvalue weighted by Gasteiger charge is -2.35. The molecule has 1 aromatic heterocycles. The molecule has 6 nitrogen and oxygen atoms in total. The smallest absolute Gasteiger partial charge is 0.321 e. The third kappa shape index (κ3) is 4.39. The number of fused-ring (bicyclic) bond motifs is 1. The second-order valence-corrected chi connectivity index (χ2v) is 8.34. The van der Waals surface area contributed by atoms with Crippen molar-refractivity contribution in [3.8, 4) is 0 Å². The van der Waals surface area contributed by atoms with Gasteiger partial charge in [-0.2, -0.15) is 0 Å². The molecule has 1 N–H and O–H groups in total. The predicted octanol–water partition coefficient (Wildman–Crippen LogP) is 4.89. The van der Waals surface area contributed by atoms with Crippen molar-refractivity contribution in [1.82, 2.24) is 14.5 Å². The summed E-state index contributed by atoms with van der Waals surface area (Å²) < 4.78 is 16.1. The zero-order valence-electron chi connectivity index (χ0n) is 18.5. The van der Waals surface area contributed by atoms with Gasteiger partial charge >= 0.3 is 6.03 Å². The van der Waals surface area contributed by atoms with E-state index >= 15 is 0 Å². The number of carbonyl (C=O) groups is 1. The Hall–Kier alpha value is -3.87. The summed E-state index contributed by atoms with van der Waals surface area (Å²) in [6.45, 7) is 4.91. The van der Waals surface area contributed by atoms with Crippen molar-refractivity contribution in [3.05, 3.63) is 89.7 Å². The van der Waals surface area contributed by atoms with Gasteiger partial charge in [0.2, 0.25) is 5.95 Å². The van der Waals surface area contributed by atoms with Gasteiger partial charge in [-0.15, -0.1) is 0 Å². The average Bonchev–Trinajstić information content (AvgIpc) is 3.20. The van der Waals surface area contributed by atoms with E-state index in [1.54, 1.807) is 24.0 Å². The van der Waals surface area contributed by atoms with E-state index in [1.165, 1.54) is 11.6 Å². The van der Waals surface area contributed by atoms with Crippen LogP contribution in [0.5, 0.6) is 0 Å². The summed E-state index contributed by atoms with van der Waals surface area (Å²) in [5.41, 5.74) is 4.29. The van der Waals surface area contributed by atoms with Crippen LogP contribution in [0.15, 0.2) is 72.8 Å². The predicted molar refractivity (Wildman–Crippen MR) is 129 cm³/mol. The van der Waals surface area contributed by atoms with E-state index < -0.39 is 0 Å². The molecule has 2 heterocycles. The maximum Gasteiger partial charge on any atom is 0.321 e. The van der Waals surface area contributed by atoms with E-state index in [-0.39, 0.29) is 11.8 Å². The van der Waals surface area contributed by atoms with Crippen molar-refractivity contribution < 1.29 is 9.18 Å². The Labute approximate surface area is 192 Å². The molecule has 0 radical (unpaired) electrons. The summed E-state index contributed by atoms with van der Waals surface area (Å²) >= 11 is 0. The van der Waals surface area contributed by atoms with Gasteiger partial charge in [-0.1, -0.05) is 48.5 Å². The number of rotatable bonds is 4. The monoisotopic (exact) mass is 443 g/mol. The lowest BCUT2D eigenvalue weighted by atomic mass is 10.2. The van der Waals surface area contributed by atoms with Crippen LogP contribution in [0.2, 0.25) is 0 Å². The van der Waals surface area contributed by atoms with Gasteiger partial charge in [-0.3, -0.25) is 0 Å². The van der Waals surface area contributed by atoms with Crippen molar-refractivity contribution >= 4 is 28.7 Å². The zero-order chi connectivity index (χ0) is 22.8. The molecule has 0 atom stereocenters. The maximum atomic E-state index is 13.8. The quantitative estimate of drug-likeness (QED) is 0.489. The largest absolute Gasteiger partial charge is 0.339 e. The van der Waals surface area contributed by atoms with Crippen molar-refractivity contribution in [2.45, 2.75) is 13.5 Å². The lowest BCUT2D eigenvalue weighted by Crippen LogP contribution is -2.50. The van der Waals surface area contributed by atoms with Crippen molar-refractivity contribution in [3.63, 3.8) is 0 Å². The van der Waals surface area contributed by atoms with Gasteiger partial charge in [0.05, 0.1) is 17.6 Å². The molecule has 0 saturated carbocycles. The molecule has 1 fully saturated rings. The summed E-state index contributed by atoms with van der Waals surface area (Å²) in [7, 11) is 0. The molecule has 5 rings (SSSR count). The number of aryl methyl sites for hydroxylation is 1. The first-order valence-electron chi connectivity index (χ1n) is 11.1. The number of halogens is 1. The normalized spacial score (nSPS) is 14.0. The highest BCUT2D eigenvalue weighted by Gasteiger charge is 2.25.